The second-order valence-corrected chi connectivity index (χ2v) is 6.79. The molecule has 1 saturated heterocycles. The molecule has 2 aromatic rings. The van der Waals surface area contributed by atoms with E-state index in [0.717, 1.165) is 25.6 Å². The molecule has 1 aliphatic heterocycles. The Labute approximate surface area is 140 Å². The van der Waals surface area contributed by atoms with Crippen LogP contribution in [-0.2, 0) is 13.1 Å². The topological polar surface area (TPSA) is 15.3 Å². The fourth-order valence-electron chi connectivity index (χ4n) is 3.56. The largest absolute Gasteiger partial charge is 0.314 e. The van der Waals surface area contributed by atoms with Crippen LogP contribution in [-0.4, -0.2) is 24.0 Å². The average Bonchev–Trinajstić information content (AvgIpc) is 2.59. The molecule has 0 spiro atoms. The number of piperidine rings is 1. The zero-order chi connectivity index (χ0) is 15.9. The maximum atomic E-state index is 3.64. The number of nitrogens with one attached hydrogen (secondary N) is 1. The molecule has 0 radical (unpaired) electrons. The summed E-state index contributed by atoms with van der Waals surface area (Å²) in [4.78, 5) is 2.61. The summed E-state index contributed by atoms with van der Waals surface area (Å²) in [6.07, 6.45) is 2.65. The lowest BCUT2D eigenvalue weighted by Gasteiger charge is -2.34. The van der Waals surface area contributed by atoms with E-state index in [1.165, 1.54) is 30.5 Å². The summed E-state index contributed by atoms with van der Waals surface area (Å²) in [5.74, 6) is 0.746. The predicted molar refractivity (Wildman–Crippen MR) is 97.2 cm³/mol. The third-order valence-corrected chi connectivity index (χ3v) is 4.92. The summed E-state index contributed by atoms with van der Waals surface area (Å²) in [5, 5.41) is 3.64. The minimum absolute atomic E-state index is 0.623. The van der Waals surface area contributed by atoms with E-state index in [0.29, 0.717) is 6.04 Å². The van der Waals surface area contributed by atoms with E-state index in [-0.39, 0.29) is 0 Å². The maximum Gasteiger partial charge on any atom is 0.0237 e. The quantitative estimate of drug-likeness (QED) is 0.865. The highest BCUT2D eigenvalue weighted by molar-refractivity contribution is 5.17. The molecule has 0 bridgehead atoms. The zero-order valence-corrected chi connectivity index (χ0v) is 14.1. The summed E-state index contributed by atoms with van der Waals surface area (Å²) in [6.45, 7) is 6.73. The molecule has 2 unspecified atom stereocenters. The highest BCUT2D eigenvalue weighted by atomic mass is 15.1. The number of nitrogens with zero attached hydrogens (tertiary/aromatic N) is 1. The first-order valence-corrected chi connectivity index (χ1v) is 8.85. The zero-order valence-electron chi connectivity index (χ0n) is 14.1. The van der Waals surface area contributed by atoms with Gasteiger partial charge in [0.1, 0.15) is 0 Å². The molecule has 3 rings (SSSR count). The molecular weight excluding hydrogens is 280 g/mol. The molecule has 2 atom stereocenters. The minimum Gasteiger partial charge on any atom is -0.314 e. The van der Waals surface area contributed by atoms with Crippen molar-refractivity contribution in [2.24, 2.45) is 5.92 Å². The van der Waals surface area contributed by atoms with Gasteiger partial charge in [0.05, 0.1) is 0 Å². The van der Waals surface area contributed by atoms with E-state index >= 15 is 0 Å². The van der Waals surface area contributed by atoms with Crippen LogP contribution in [0.2, 0.25) is 0 Å². The van der Waals surface area contributed by atoms with E-state index in [1.807, 2.05) is 0 Å². The first-order valence-electron chi connectivity index (χ1n) is 8.85. The molecule has 2 aromatic carbocycles. The van der Waals surface area contributed by atoms with Crippen molar-refractivity contribution in [1.82, 2.24) is 10.2 Å². The molecule has 122 valence electrons. The van der Waals surface area contributed by atoms with Crippen molar-refractivity contribution < 1.29 is 0 Å². The van der Waals surface area contributed by atoms with Gasteiger partial charge in [-0.15, -0.1) is 0 Å². The third kappa shape index (κ3) is 4.92. The minimum atomic E-state index is 0.623. The molecule has 1 aliphatic rings. The van der Waals surface area contributed by atoms with Crippen molar-refractivity contribution in [2.75, 3.05) is 13.1 Å². The Morgan fingerprint density at radius 1 is 0.913 bits per heavy atom. The van der Waals surface area contributed by atoms with Gasteiger partial charge in [0.2, 0.25) is 0 Å². The van der Waals surface area contributed by atoms with Crippen molar-refractivity contribution in [3.05, 3.63) is 71.8 Å². The summed E-state index contributed by atoms with van der Waals surface area (Å²) in [7, 11) is 0. The van der Waals surface area contributed by atoms with Gasteiger partial charge in [-0.25, -0.2) is 0 Å². The predicted octanol–water partition coefficient (Wildman–Crippen LogP) is 4.08. The van der Waals surface area contributed by atoms with E-state index in [4.69, 9.17) is 0 Å². The van der Waals surface area contributed by atoms with Crippen molar-refractivity contribution >= 4 is 0 Å². The van der Waals surface area contributed by atoms with Crippen LogP contribution < -0.4 is 5.32 Å². The normalized spacial score (nSPS) is 21.5. The Bertz CT molecular complexity index is 525. The van der Waals surface area contributed by atoms with Gasteiger partial charge < -0.3 is 5.32 Å². The molecule has 0 aromatic heterocycles. The maximum absolute atomic E-state index is 3.64. The monoisotopic (exact) mass is 308 g/mol. The molecule has 2 nitrogen and oxygen atoms in total. The lowest BCUT2D eigenvalue weighted by molar-refractivity contribution is 0.168. The number of hydrogen-bond acceptors (Lipinski definition) is 2. The third-order valence-electron chi connectivity index (χ3n) is 4.92. The second-order valence-electron chi connectivity index (χ2n) is 6.79. The highest BCUT2D eigenvalue weighted by Gasteiger charge is 2.23. The second kappa shape index (κ2) is 8.28. The van der Waals surface area contributed by atoms with Crippen LogP contribution in [0.1, 0.15) is 30.9 Å². The van der Waals surface area contributed by atoms with Gasteiger partial charge in [-0.3, -0.25) is 4.90 Å². The lowest BCUT2D eigenvalue weighted by Crippen LogP contribution is -2.44. The van der Waals surface area contributed by atoms with Gasteiger partial charge in [-0.2, -0.15) is 0 Å². The lowest BCUT2D eigenvalue weighted by atomic mass is 9.91. The Hall–Kier alpha value is -1.64. The average molecular weight is 308 g/mol. The molecule has 1 heterocycles. The molecule has 0 amide bonds. The fourth-order valence-corrected chi connectivity index (χ4v) is 3.56. The standard InChI is InChI=1S/C21H28N2/c1-18-21(13-8-14-22-18)17-23(15-19-9-4-2-5-10-19)16-20-11-6-3-7-12-20/h2-7,9-12,18,21-22H,8,13-17H2,1H3. The van der Waals surface area contributed by atoms with Crippen LogP contribution in [0.5, 0.6) is 0 Å². The van der Waals surface area contributed by atoms with Crippen molar-refractivity contribution in [3.63, 3.8) is 0 Å². The Morgan fingerprint density at radius 3 is 2.00 bits per heavy atom. The van der Waals surface area contributed by atoms with E-state index in [2.05, 4.69) is 77.8 Å². The van der Waals surface area contributed by atoms with Crippen LogP contribution in [0.4, 0.5) is 0 Å². The molecule has 23 heavy (non-hydrogen) atoms. The van der Waals surface area contributed by atoms with Crippen molar-refractivity contribution in [1.29, 1.82) is 0 Å². The van der Waals surface area contributed by atoms with Crippen LogP contribution in [0.15, 0.2) is 60.7 Å². The summed E-state index contributed by atoms with van der Waals surface area (Å²) in [5.41, 5.74) is 2.81. The fraction of sp³-hybridized carbons (Fsp3) is 0.429. The van der Waals surface area contributed by atoms with Crippen LogP contribution in [0, 0.1) is 5.92 Å². The van der Waals surface area contributed by atoms with Gasteiger partial charge in [-0.1, -0.05) is 60.7 Å². The molecule has 1 N–H and O–H groups in total. The van der Waals surface area contributed by atoms with Gasteiger partial charge >= 0.3 is 0 Å². The van der Waals surface area contributed by atoms with Crippen LogP contribution in [0.25, 0.3) is 0 Å². The SMILES string of the molecule is CC1NCCCC1CN(Cc1ccccc1)Cc1ccccc1. The first-order chi connectivity index (χ1) is 11.3. The van der Waals surface area contributed by atoms with Gasteiger partial charge in [-0.05, 0) is 43.4 Å². The van der Waals surface area contributed by atoms with Gasteiger partial charge in [0.15, 0.2) is 0 Å². The first kappa shape index (κ1) is 16.2. The van der Waals surface area contributed by atoms with Crippen LogP contribution >= 0.6 is 0 Å². The summed E-state index contributed by atoms with van der Waals surface area (Å²) < 4.78 is 0. The smallest absolute Gasteiger partial charge is 0.0237 e. The highest BCUT2D eigenvalue weighted by Crippen LogP contribution is 2.20. The van der Waals surface area contributed by atoms with E-state index < -0.39 is 0 Å². The Morgan fingerprint density at radius 2 is 1.48 bits per heavy atom. The van der Waals surface area contributed by atoms with Crippen molar-refractivity contribution in [2.45, 2.75) is 38.9 Å². The number of rotatable bonds is 6. The number of hydrogen-bond donors (Lipinski definition) is 1. The van der Waals surface area contributed by atoms with E-state index in [1.54, 1.807) is 0 Å². The molecule has 0 aliphatic carbocycles. The number of benzene rings is 2. The molecular formula is C21H28N2. The molecule has 0 saturated carbocycles. The van der Waals surface area contributed by atoms with Crippen molar-refractivity contribution in [3.8, 4) is 0 Å². The Kier molecular flexibility index (Phi) is 5.84. The van der Waals surface area contributed by atoms with Crippen LogP contribution in [0.3, 0.4) is 0 Å². The molecule has 2 heteroatoms. The molecule has 1 fully saturated rings. The van der Waals surface area contributed by atoms with E-state index in [9.17, 15) is 0 Å². The van der Waals surface area contributed by atoms with Gasteiger partial charge in [0, 0.05) is 25.7 Å². The Balaban J connectivity index is 1.69. The summed E-state index contributed by atoms with van der Waals surface area (Å²) >= 11 is 0. The van der Waals surface area contributed by atoms with Gasteiger partial charge in [0.25, 0.3) is 0 Å². The summed E-state index contributed by atoms with van der Waals surface area (Å²) in [6, 6.07) is 22.3.